The van der Waals surface area contributed by atoms with Crippen molar-refractivity contribution in [3.8, 4) is 23.0 Å². The second kappa shape index (κ2) is 9.74. The minimum absolute atomic E-state index is 0.114. The largest absolute Gasteiger partial charge is 0.493 e. The van der Waals surface area contributed by atoms with Crippen LogP contribution in [0, 0.1) is 5.41 Å². The van der Waals surface area contributed by atoms with Gasteiger partial charge in [-0.3, -0.25) is 4.79 Å². The third-order valence-corrected chi connectivity index (χ3v) is 8.54. The van der Waals surface area contributed by atoms with Crippen LogP contribution in [0.15, 0.2) is 72.3 Å². The van der Waals surface area contributed by atoms with Crippen LogP contribution in [0.4, 0.5) is 5.69 Å². The van der Waals surface area contributed by atoms with E-state index in [0.29, 0.717) is 34.4 Å². The van der Waals surface area contributed by atoms with Crippen molar-refractivity contribution in [2.45, 2.75) is 39.3 Å². The molecule has 41 heavy (non-hydrogen) atoms. The van der Waals surface area contributed by atoms with E-state index in [-0.39, 0.29) is 30.6 Å². The molecule has 0 radical (unpaired) electrons. The summed E-state index contributed by atoms with van der Waals surface area (Å²) in [5.74, 6) is 2.62. The predicted molar refractivity (Wildman–Crippen MR) is 160 cm³/mol. The van der Waals surface area contributed by atoms with Gasteiger partial charge in [-0.2, -0.15) is 0 Å². The number of nitrogens with one attached hydrogen (secondary N) is 1. The van der Waals surface area contributed by atoms with E-state index in [0.717, 1.165) is 45.3 Å². The molecule has 0 fully saturated rings. The fourth-order valence-corrected chi connectivity index (χ4v) is 6.50. The highest BCUT2D eigenvalue weighted by Crippen LogP contribution is 2.52. The number of halogens is 1. The number of carbonyl (C=O) groups excluding carboxylic acids is 1. The maximum atomic E-state index is 13.8. The Balaban J connectivity index is 1.26. The zero-order valence-electron chi connectivity index (χ0n) is 23.2. The first kappa shape index (κ1) is 25.8. The van der Waals surface area contributed by atoms with Crippen LogP contribution < -0.4 is 24.3 Å². The molecule has 0 bridgehead atoms. The summed E-state index contributed by atoms with van der Waals surface area (Å²) < 4.78 is 22.8. The van der Waals surface area contributed by atoms with Crippen LogP contribution in [0.5, 0.6) is 23.0 Å². The lowest BCUT2D eigenvalue weighted by Gasteiger charge is -2.40. The number of fused-ring (bicyclic) bond motifs is 5. The molecule has 0 unspecified atom stereocenters. The van der Waals surface area contributed by atoms with E-state index in [9.17, 15) is 4.79 Å². The Morgan fingerprint density at radius 1 is 0.976 bits per heavy atom. The number of methoxy groups -OCH3 is 1. The highest BCUT2D eigenvalue weighted by atomic mass is 35.5. The van der Waals surface area contributed by atoms with Gasteiger partial charge < -0.3 is 24.3 Å². The van der Waals surface area contributed by atoms with Crippen LogP contribution in [-0.2, 0) is 11.4 Å². The maximum absolute atomic E-state index is 13.8. The van der Waals surface area contributed by atoms with E-state index < -0.39 is 0 Å². The molecule has 1 atom stereocenters. The van der Waals surface area contributed by atoms with Crippen LogP contribution in [0.2, 0.25) is 5.02 Å². The van der Waals surface area contributed by atoms with E-state index in [1.54, 1.807) is 13.2 Å². The monoisotopic (exact) mass is 567 g/mol. The summed E-state index contributed by atoms with van der Waals surface area (Å²) in [6, 6.07) is 21.8. The molecule has 4 aromatic rings. The summed E-state index contributed by atoms with van der Waals surface area (Å²) in [6.07, 6.45) is 1.35. The lowest BCUT2D eigenvalue weighted by atomic mass is 9.68. The van der Waals surface area contributed by atoms with Crippen molar-refractivity contribution in [1.82, 2.24) is 0 Å². The third kappa shape index (κ3) is 4.47. The van der Waals surface area contributed by atoms with Crippen molar-refractivity contribution >= 4 is 39.4 Å². The van der Waals surface area contributed by atoms with Crippen molar-refractivity contribution in [1.29, 1.82) is 0 Å². The van der Waals surface area contributed by atoms with Gasteiger partial charge in [0.2, 0.25) is 6.79 Å². The number of ketones is 1. The average molecular weight is 568 g/mol. The Hall–Kier alpha value is -4.16. The highest BCUT2D eigenvalue weighted by molar-refractivity contribution is 6.31. The van der Waals surface area contributed by atoms with Gasteiger partial charge in [0, 0.05) is 34.9 Å². The Morgan fingerprint density at radius 3 is 2.61 bits per heavy atom. The Morgan fingerprint density at radius 2 is 1.78 bits per heavy atom. The van der Waals surface area contributed by atoms with Gasteiger partial charge in [-0.05, 0) is 58.0 Å². The maximum Gasteiger partial charge on any atom is 0.231 e. The number of hydrogen-bond donors (Lipinski definition) is 1. The second-order valence-corrected chi connectivity index (χ2v) is 12.0. The lowest BCUT2D eigenvalue weighted by Crippen LogP contribution is -2.33. The quantitative estimate of drug-likeness (QED) is 0.263. The van der Waals surface area contributed by atoms with Crippen LogP contribution in [0.25, 0.3) is 16.3 Å². The first-order valence-corrected chi connectivity index (χ1v) is 14.1. The summed E-state index contributed by atoms with van der Waals surface area (Å²) in [6.45, 7) is 4.77. The summed E-state index contributed by atoms with van der Waals surface area (Å²) in [5.41, 5.74) is 5.77. The molecule has 0 saturated carbocycles. The Labute approximate surface area is 243 Å². The van der Waals surface area contributed by atoms with Gasteiger partial charge in [0.25, 0.3) is 0 Å². The summed E-state index contributed by atoms with van der Waals surface area (Å²) in [7, 11) is 1.62. The second-order valence-electron chi connectivity index (χ2n) is 11.6. The van der Waals surface area contributed by atoms with E-state index in [4.69, 9.17) is 30.5 Å². The zero-order chi connectivity index (χ0) is 28.3. The molecule has 1 N–H and O–H groups in total. The minimum Gasteiger partial charge on any atom is -0.493 e. The van der Waals surface area contributed by atoms with E-state index in [1.165, 1.54) is 5.39 Å². The molecule has 7 heteroatoms. The molecule has 208 valence electrons. The Kier molecular flexibility index (Phi) is 6.12. The SMILES string of the molecule is COc1cc([C@H]2Nc3ccc4ccccc4c3C3=C2C(=O)CC(C)(C)C3)ccc1OCc1cc2c(cc1Cl)OCO2. The first-order chi connectivity index (χ1) is 19.8. The molecule has 4 aromatic carbocycles. The third-order valence-electron chi connectivity index (χ3n) is 8.19. The standard InChI is InChI=1S/C34H30ClNO5/c1-34(2)15-23-31-22-7-5-4-6-19(22)8-10-25(31)36-33(32(23)26(37)16-34)20-9-11-27(28(12-20)38-3)39-17-21-13-29-30(14-24(21)35)41-18-40-29/h4-14,33,36H,15-18H2,1-3H3/t33-/m1/s1. The molecule has 0 amide bonds. The number of allylic oxidation sites excluding steroid dienone is 1. The van der Waals surface area contributed by atoms with E-state index >= 15 is 0 Å². The van der Waals surface area contributed by atoms with Gasteiger partial charge >= 0.3 is 0 Å². The molecule has 3 aliphatic rings. The number of ether oxygens (including phenoxy) is 4. The van der Waals surface area contributed by atoms with E-state index in [2.05, 4.69) is 55.6 Å². The number of rotatable bonds is 5. The number of Topliss-reactive ketones (excluding diaryl/α,β-unsaturated/α-hetero) is 1. The highest BCUT2D eigenvalue weighted by Gasteiger charge is 2.41. The topological polar surface area (TPSA) is 66.0 Å². The molecular formula is C34H30ClNO5. The molecule has 0 spiro atoms. The average Bonchev–Trinajstić information content (AvgIpc) is 3.41. The van der Waals surface area contributed by atoms with Gasteiger partial charge in [-0.15, -0.1) is 0 Å². The smallest absolute Gasteiger partial charge is 0.231 e. The molecular weight excluding hydrogens is 538 g/mol. The van der Waals surface area contributed by atoms with Crippen LogP contribution in [-0.4, -0.2) is 19.7 Å². The van der Waals surface area contributed by atoms with Crippen molar-refractivity contribution in [3.63, 3.8) is 0 Å². The number of carbonyl (C=O) groups is 1. The van der Waals surface area contributed by atoms with Crippen molar-refractivity contribution < 1.29 is 23.7 Å². The molecule has 0 saturated heterocycles. The molecule has 1 aliphatic carbocycles. The molecule has 6 nitrogen and oxygen atoms in total. The van der Waals surface area contributed by atoms with Gasteiger partial charge in [-0.1, -0.05) is 61.8 Å². The van der Waals surface area contributed by atoms with Gasteiger partial charge in [0.1, 0.15) is 6.61 Å². The van der Waals surface area contributed by atoms with Crippen LogP contribution in [0.1, 0.15) is 49.4 Å². The number of anilines is 1. The predicted octanol–water partition coefficient (Wildman–Crippen LogP) is 8.12. The van der Waals surface area contributed by atoms with Crippen molar-refractivity contribution in [2.24, 2.45) is 5.41 Å². The molecule has 2 aliphatic heterocycles. The lowest BCUT2D eigenvalue weighted by molar-refractivity contribution is -0.118. The van der Waals surface area contributed by atoms with E-state index in [1.807, 2.05) is 24.3 Å². The molecule has 7 rings (SSSR count). The van der Waals surface area contributed by atoms with Gasteiger partial charge in [0.15, 0.2) is 28.8 Å². The number of benzene rings is 4. The van der Waals surface area contributed by atoms with Crippen molar-refractivity contribution in [3.05, 3.63) is 94.0 Å². The fourth-order valence-electron chi connectivity index (χ4n) is 6.30. The molecule has 2 heterocycles. The minimum atomic E-state index is -0.298. The first-order valence-electron chi connectivity index (χ1n) is 13.7. The summed E-state index contributed by atoms with van der Waals surface area (Å²) in [5, 5.41) is 6.58. The van der Waals surface area contributed by atoms with Crippen molar-refractivity contribution in [2.75, 3.05) is 19.2 Å². The summed E-state index contributed by atoms with van der Waals surface area (Å²) >= 11 is 6.46. The number of hydrogen-bond acceptors (Lipinski definition) is 6. The molecule has 0 aromatic heterocycles. The summed E-state index contributed by atoms with van der Waals surface area (Å²) in [4.78, 5) is 13.8. The van der Waals surface area contributed by atoms with Gasteiger partial charge in [0.05, 0.1) is 18.2 Å². The zero-order valence-corrected chi connectivity index (χ0v) is 23.9. The van der Waals surface area contributed by atoms with Crippen LogP contribution in [0.3, 0.4) is 0 Å². The normalized spacial score (nSPS) is 18.5. The van der Waals surface area contributed by atoms with Crippen LogP contribution >= 0.6 is 11.6 Å². The Bertz CT molecular complexity index is 1760. The van der Waals surface area contributed by atoms with Gasteiger partial charge in [-0.25, -0.2) is 0 Å². The fraction of sp³-hybridized carbons (Fsp3) is 0.265.